The minimum Gasteiger partial charge on any atom is -0.338 e. The lowest BCUT2D eigenvalue weighted by molar-refractivity contribution is 0.358. The molecule has 0 saturated heterocycles. The average molecular weight is 267 g/mol. The Morgan fingerprint density at radius 1 is 1.32 bits per heavy atom. The summed E-state index contributed by atoms with van der Waals surface area (Å²) in [4.78, 5) is 4.13. The third-order valence-electron chi connectivity index (χ3n) is 2.86. The van der Waals surface area contributed by atoms with Gasteiger partial charge in [0.05, 0.1) is 6.54 Å². The van der Waals surface area contributed by atoms with Crippen molar-refractivity contribution in [1.29, 1.82) is 0 Å². The quantitative estimate of drug-likeness (QED) is 0.905. The van der Waals surface area contributed by atoms with E-state index in [2.05, 4.69) is 22.4 Å². The zero-order chi connectivity index (χ0) is 13.8. The van der Waals surface area contributed by atoms with Crippen molar-refractivity contribution in [3.05, 3.63) is 35.7 Å². The number of benzene rings is 1. The molecule has 102 valence electrons. The lowest BCUT2D eigenvalue weighted by Crippen LogP contribution is -2.24. The van der Waals surface area contributed by atoms with Crippen LogP contribution in [0.25, 0.3) is 11.4 Å². The van der Waals surface area contributed by atoms with Crippen LogP contribution in [0.5, 0.6) is 0 Å². The zero-order valence-electron chi connectivity index (χ0n) is 10.8. The van der Waals surface area contributed by atoms with Gasteiger partial charge in [-0.15, -0.1) is 0 Å². The van der Waals surface area contributed by atoms with Gasteiger partial charge in [0.25, 0.3) is 0 Å². The lowest BCUT2D eigenvalue weighted by atomic mass is 10.2. The highest BCUT2D eigenvalue weighted by molar-refractivity contribution is 5.54. The van der Waals surface area contributed by atoms with Gasteiger partial charge in [-0.05, 0) is 31.5 Å². The number of nitrogens with one attached hydrogen (secondary N) is 1. The third-order valence-corrected chi connectivity index (χ3v) is 2.86. The predicted octanol–water partition coefficient (Wildman–Crippen LogP) is 2.90. The molecule has 0 amide bonds. The molecule has 0 aliphatic heterocycles. The third kappa shape index (κ3) is 3.35. The molecule has 0 aliphatic rings. The molecule has 1 N–H and O–H groups in total. The Labute approximate surface area is 109 Å². The summed E-state index contributed by atoms with van der Waals surface area (Å²) in [6, 6.07) is 3.85. The maximum Gasteiger partial charge on any atom is 0.240 e. The molecule has 1 unspecified atom stereocenters. The number of halogens is 2. The molecule has 0 spiro atoms. The van der Waals surface area contributed by atoms with Crippen LogP contribution in [0.1, 0.15) is 26.2 Å². The van der Waals surface area contributed by atoms with E-state index in [4.69, 9.17) is 4.52 Å². The van der Waals surface area contributed by atoms with Crippen LogP contribution in [-0.2, 0) is 6.54 Å². The molecule has 0 aliphatic carbocycles. The van der Waals surface area contributed by atoms with Crippen molar-refractivity contribution in [1.82, 2.24) is 15.5 Å². The first kappa shape index (κ1) is 13.6. The molecule has 2 aromatic rings. The Bertz CT molecular complexity index is 557. The van der Waals surface area contributed by atoms with E-state index in [0.717, 1.165) is 18.6 Å². The second kappa shape index (κ2) is 5.88. The van der Waals surface area contributed by atoms with Crippen molar-refractivity contribution in [2.45, 2.75) is 32.9 Å². The van der Waals surface area contributed by atoms with E-state index in [9.17, 15) is 8.78 Å². The first-order valence-electron chi connectivity index (χ1n) is 6.11. The molecule has 0 radical (unpaired) electrons. The van der Waals surface area contributed by atoms with Crippen molar-refractivity contribution in [2.75, 3.05) is 0 Å². The van der Waals surface area contributed by atoms with E-state index in [1.54, 1.807) is 0 Å². The molecule has 4 nitrogen and oxygen atoms in total. The summed E-state index contributed by atoms with van der Waals surface area (Å²) in [7, 11) is 0. The van der Waals surface area contributed by atoms with Gasteiger partial charge in [0, 0.05) is 11.6 Å². The van der Waals surface area contributed by atoms with E-state index in [1.165, 1.54) is 6.07 Å². The highest BCUT2D eigenvalue weighted by Gasteiger charge is 2.11. The van der Waals surface area contributed by atoms with E-state index in [-0.39, 0.29) is 5.82 Å². The lowest BCUT2D eigenvalue weighted by Gasteiger charge is -2.07. The molecule has 0 saturated carbocycles. The van der Waals surface area contributed by atoms with Gasteiger partial charge in [-0.1, -0.05) is 12.1 Å². The summed E-state index contributed by atoms with van der Waals surface area (Å²) in [5.74, 6) is -1.16. The maximum absolute atomic E-state index is 13.1. The number of aromatic nitrogens is 2. The fraction of sp³-hybridized carbons (Fsp3) is 0.385. The standard InChI is InChI=1S/C13H15F2N3O/c1-3-8(2)16-7-12-17-13(18-19-12)9-4-5-10(14)11(15)6-9/h4-6,8,16H,3,7H2,1-2H3. The SMILES string of the molecule is CCC(C)NCc1nc(-c2ccc(F)c(F)c2)no1. The van der Waals surface area contributed by atoms with Gasteiger partial charge in [0.2, 0.25) is 11.7 Å². The van der Waals surface area contributed by atoms with Crippen LogP contribution in [0.3, 0.4) is 0 Å². The maximum atomic E-state index is 13.1. The molecule has 19 heavy (non-hydrogen) atoms. The van der Waals surface area contributed by atoms with Gasteiger partial charge in [0.1, 0.15) is 0 Å². The monoisotopic (exact) mass is 267 g/mol. The molecule has 1 atom stereocenters. The van der Waals surface area contributed by atoms with E-state index >= 15 is 0 Å². The Balaban J connectivity index is 2.09. The van der Waals surface area contributed by atoms with E-state index in [0.29, 0.717) is 24.0 Å². The normalized spacial score (nSPS) is 12.6. The van der Waals surface area contributed by atoms with Crippen molar-refractivity contribution >= 4 is 0 Å². The number of hydrogen-bond donors (Lipinski definition) is 1. The van der Waals surface area contributed by atoms with Crippen LogP contribution in [0.4, 0.5) is 8.78 Å². The number of nitrogens with zero attached hydrogens (tertiary/aromatic N) is 2. The number of hydrogen-bond acceptors (Lipinski definition) is 4. The Morgan fingerprint density at radius 3 is 2.79 bits per heavy atom. The van der Waals surface area contributed by atoms with Gasteiger partial charge in [-0.2, -0.15) is 4.98 Å². The highest BCUT2D eigenvalue weighted by Crippen LogP contribution is 2.18. The summed E-state index contributed by atoms with van der Waals surface area (Å²) >= 11 is 0. The molecule has 0 fully saturated rings. The van der Waals surface area contributed by atoms with Crippen molar-refractivity contribution in [3.63, 3.8) is 0 Å². The van der Waals surface area contributed by atoms with Gasteiger partial charge in [0.15, 0.2) is 11.6 Å². The first-order valence-corrected chi connectivity index (χ1v) is 6.11. The Morgan fingerprint density at radius 2 is 2.11 bits per heavy atom. The summed E-state index contributed by atoms with van der Waals surface area (Å²) in [5, 5.41) is 6.95. The first-order chi connectivity index (χ1) is 9.10. The zero-order valence-corrected chi connectivity index (χ0v) is 10.8. The largest absolute Gasteiger partial charge is 0.338 e. The van der Waals surface area contributed by atoms with Crippen LogP contribution in [0, 0.1) is 11.6 Å². The van der Waals surface area contributed by atoms with E-state index in [1.807, 2.05) is 6.92 Å². The minimum atomic E-state index is -0.929. The molecular formula is C13H15F2N3O. The molecule has 6 heteroatoms. The minimum absolute atomic E-state index is 0.250. The molecule has 0 bridgehead atoms. The van der Waals surface area contributed by atoms with Gasteiger partial charge >= 0.3 is 0 Å². The fourth-order valence-corrected chi connectivity index (χ4v) is 1.49. The molecular weight excluding hydrogens is 252 g/mol. The smallest absolute Gasteiger partial charge is 0.240 e. The van der Waals surface area contributed by atoms with Crippen LogP contribution in [0.15, 0.2) is 22.7 Å². The second-order valence-electron chi connectivity index (χ2n) is 4.33. The van der Waals surface area contributed by atoms with Crippen LogP contribution in [-0.4, -0.2) is 16.2 Å². The van der Waals surface area contributed by atoms with Crippen LogP contribution < -0.4 is 5.32 Å². The topological polar surface area (TPSA) is 51.0 Å². The Hall–Kier alpha value is -1.82. The molecule has 1 aromatic carbocycles. The number of rotatable bonds is 5. The second-order valence-corrected chi connectivity index (χ2v) is 4.33. The van der Waals surface area contributed by atoms with E-state index < -0.39 is 11.6 Å². The van der Waals surface area contributed by atoms with Gasteiger partial charge in [-0.25, -0.2) is 8.78 Å². The van der Waals surface area contributed by atoms with Crippen LogP contribution >= 0.6 is 0 Å². The molecule has 2 rings (SSSR count). The summed E-state index contributed by atoms with van der Waals surface area (Å²) in [6.07, 6.45) is 0.990. The summed E-state index contributed by atoms with van der Waals surface area (Å²) in [5.41, 5.74) is 0.387. The van der Waals surface area contributed by atoms with Crippen molar-refractivity contribution in [2.24, 2.45) is 0 Å². The van der Waals surface area contributed by atoms with Gasteiger partial charge in [-0.3, -0.25) is 0 Å². The summed E-state index contributed by atoms with van der Waals surface area (Å²) in [6.45, 7) is 4.57. The predicted molar refractivity (Wildman–Crippen MR) is 66.2 cm³/mol. The van der Waals surface area contributed by atoms with Gasteiger partial charge < -0.3 is 9.84 Å². The molecule has 1 heterocycles. The van der Waals surface area contributed by atoms with Crippen LogP contribution in [0.2, 0.25) is 0 Å². The van der Waals surface area contributed by atoms with Crippen molar-refractivity contribution in [3.8, 4) is 11.4 Å². The Kier molecular flexibility index (Phi) is 4.21. The molecule has 1 aromatic heterocycles. The highest BCUT2D eigenvalue weighted by atomic mass is 19.2. The van der Waals surface area contributed by atoms with Crippen molar-refractivity contribution < 1.29 is 13.3 Å². The fourth-order valence-electron chi connectivity index (χ4n) is 1.49. The average Bonchev–Trinajstić information content (AvgIpc) is 2.88. The summed E-state index contributed by atoms with van der Waals surface area (Å²) < 4.78 is 31.0.